The van der Waals surface area contributed by atoms with E-state index in [1.165, 1.54) is 31.2 Å². The molecule has 1 aromatic rings. The Bertz CT molecular complexity index is 392. The summed E-state index contributed by atoms with van der Waals surface area (Å²) in [6, 6.07) is 6.47. The van der Waals surface area contributed by atoms with E-state index in [1.54, 1.807) is 7.11 Å². The van der Waals surface area contributed by atoms with Crippen LogP contribution in [-0.2, 0) is 0 Å². The molecule has 3 heteroatoms. The molecule has 0 radical (unpaired) electrons. The molecular weight excluding hydrogens is 238 g/mol. The van der Waals surface area contributed by atoms with Crippen molar-refractivity contribution in [2.45, 2.75) is 45.1 Å². The van der Waals surface area contributed by atoms with Crippen molar-refractivity contribution in [2.75, 3.05) is 20.3 Å². The fourth-order valence-corrected chi connectivity index (χ4v) is 2.54. The van der Waals surface area contributed by atoms with Gasteiger partial charge in [0.1, 0.15) is 11.5 Å². The van der Waals surface area contributed by atoms with Crippen molar-refractivity contribution in [3.63, 3.8) is 0 Å². The van der Waals surface area contributed by atoms with E-state index >= 15 is 0 Å². The number of ether oxygens (including phenoxy) is 2. The van der Waals surface area contributed by atoms with Gasteiger partial charge in [-0.25, -0.2) is 0 Å². The van der Waals surface area contributed by atoms with Crippen LogP contribution in [0.3, 0.4) is 0 Å². The van der Waals surface area contributed by atoms with Crippen molar-refractivity contribution in [3.05, 3.63) is 23.8 Å². The highest BCUT2D eigenvalue weighted by Gasteiger charge is 2.21. The molecule has 1 heterocycles. The Kier molecular flexibility index (Phi) is 5.52. The number of nitrogens with one attached hydrogen (secondary N) is 1. The first kappa shape index (κ1) is 14.2. The average Bonchev–Trinajstić information content (AvgIpc) is 2.46. The summed E-state index contributed by atoms with van der Waals surface area (Å²) in [7, 11) is 1.71. The Hall–Kier alpha value is -1.22. The molecule has 0 bridgehead atoms. The van der Waals surface area contributed by atoms with Gasteiger partial charge in [0.05, 0.1) is 13.7 Å². The molecule has 2 rings (SSSR count). The minimum Gasteiger partial charge on any atom is -0.497 e. The lowest BCUT2D eigenvalue weighted by Gasteiger charge is -2.27. The third kappa shape index (κ3) is 3.87. The third-order valence-corrected chi connectivity index (χ3v) is 3.68. The van der Waals surface area contributed by atoms with Crippen LogP contribution in [0.4, 0.5) is 0 Å². The highest BCUT2D eigenvalue weighted by Crippen LogP contribution is 2.34. The van der Waals surface area contributed by atoms with Gasteiger partial charge in [0.15, 0.2) is 0 Å². The molecule has 106 valence electrons. The second-order valence-electron chi connectivity index (χ2n) is 5.11. The van der Waals surface area contributed by atoms with Gasteiger partial charge in [-0.3, -0.25) is 0 Å². The summed E-state index contributed by atoms with van der Waals surface area (Å²) in [4.78, 5) is 0. The van der Waals surface area contributed by atoms with Crippen LogP contribution in [0.25, 0.3) is 0 Å². The SMILES string of the molecule is CCCCCCNC1CCOc2ccc(OC)cc21. The largest absolute Gasteiger partial charge is 0.497 e. The lowest BCUT2D eigenvalue weighted by Crippen LogP contribution is -2.27. The summed E-state index contributed by atoms with van der Waals surface area (Å²) in [5.74, 6) is 1.90. The first-order chi connectivity index (χ1) is 9.35. The van der Waals surface area contributed by atoms with E-state index in [0.717, 1.165) is 31.1 Å². The van der Waals surface area contributed by atoms with Gasteiger partial charge in [-0.2, -0.15) is 0 Å². The van der Waals surface area contributed by atoms with Gasteiger partial charge in [-0.15, -0.1) is 0 Å². The van der Waals surface area contributed by atoms with Crippen molar-refractivity contribution in [1.82, 2.24) is 5.32 Å². The molecule has 1 unspecified atom stereocenters. The number of benzene rings is 1. The van der Waals surface area contributed by atoms with Crippen LogP contribution >= 0.6 is 0 Å². The molecule has 3 nitrogen and oxygen atoms in total. The zero-order valence-electron chi connectivity index (χ0n) is 12.1. The molecule has 1 aliphatic heterocycles. The highest BCUT2D eigenvalue weighted by molar-refractivity contribution is 5.43. The maximum Gasteiger partial charge on any atom is 0.124 e. The minimum atomic E-state index is 0.403. The topological polar surface area (TPSA) is 30.5 Å². The van der Waals surface area contributed by atoms with E-state index in [9.17, 15) is 0 Å². The van der Waals surface area contributed by atoms with Crippen molar-refractivity contribution >= 4 is 0 Å². The molecule has 0 saturated carbocycles. The van der Waals surface area contributed by atoms with Crippen LogP contribution in [0.15, 0.2) is 18.2 Å². The monoisotopic (exact) mass is 263 g/mol. The zero-order valence-corrected chi connectivity index (χ0v) is 12.1. The van der Waals surface area contributed by atoms with Gasteiger partial charge in [-0.05, 0) is 31.2 Å². The fraction of sp³-hybridized carbons (Fsp3) is 0.625. The molecule has 0 fully saturated rings. The number of methoxy groups -OCH3 is 1. The van der Waals surface area contributed by atoms with E-state index in [2.05, 4.69) is 18.3 Å². The lowest BCUT2D eigenvalue weighted by molar-refractivity contribution is 0.251. The Morgan fingerprint density at radius 2 is 2.21 bits per heavy atom. The molecule has 0 saturated heterocycles. The molecule has 1 atom stereocenters. The van der Waals surface area contributed by atoms with Gasteiger partial charge in [0, 0.05) is 18.0 Å². The first-order valence-corrected chi connectivity index (χ1v) is 7.39. The normalized spacial score (nSPS) is 17.7. The molecule has 19 heavy (non-hydrogen) atoms. The van der Waals surface area contributed by atoms with Crippen molar-refractivity contribution in [1.29, 1.82) is 0 Å². The minimum absolute atomic E-state index is 0.403. The van der Waals surface area contributed by atoms with Crippen molar-refractivity contribution in [3.8, 4) is 11.5 Å². The summed E-state index contributed by atoms with van der Waals surface area (Å²) in [5, 5.41) is 3.65. The van der Waals surface area contributed by atoms with Crippen LogP contribution in [-0.4, -0.2) is 20.3 Å². The third-order valence-electron chi connectivity index (χ3n) is 3.68. The Morgan fingerprint density at radius 1 is 1.32 bits per heavy atom. The van der Waals surface area contributed by atoms with Crippen molar-refractivity contribution < 1.29 is 9.47 Å². The van der Waals surface area contributed by atoms with Crippen LogP contribution < -0.4 is 14.8 Å². The van der Waals surface area contributed by atoms with Crippen LogP contribution in [0.1, 0.15) is 50.6 Å². The van der Waals surface area contributed by atoms with E-state index in [4.69, 9.17) is 9.47 Å². The smallest absolute Gasteiger partial charge is 0.124 e. The summed E-state index contributed by atoms with van der Waals surface area (Å²) >= 11 is 0. The number of rotatable bonds is 7. The van der Waals surface area contributed by atoms with E-state index in [0.29, 0.717) is 6.04 Å². The predicted octanol–water partition coefficient (Wildman–Crippen LogP) is 3.69. The van der Waals surface area contributed by atoms with Gasteiger partial charge in [0.2, 0.25) is 0 Å². The maximum atomic E-state index is 5.70. The standard InChI is InChI=1S/C16H25NO2/c1-3-4-5-6-10-17-15-9-11-19-16-8-7-13(18-2)12-14(15)16/h7-8,12,15,17H,3-6,9-11H2,1-2H3. The zero-order chi connectivity index (χ0) is 13.5. The lowest BCUT2D eigenvalue weighted by atomic mass is 10.00. The molecular formula is C16H25NO2. The molecule has 1 N–H and O–H groups in total. The summed E-state index contributed by atoms with van der Waals surface area (Å²) in [6.07, 6.45) is 6.23. The van der Waals surface area contributed by atoms with E-state index in [1.807, 2.05) is 12.1 Å². The molecule has 0 spiro atoms. The van der Waals surface area contributed by atoms with Gasteiger partial charge in [-0.1, -0.05) is 26.2 Å². The molecule has 0 aromatic heterocycles. The molecule has 1 aliphatic rings. The molecule has 1 aromatic carbocycles. The average molecular weight is 263 g/mol. The second kappa shape index (κ2) is 7.39. The second-order valence-corrected chi connectivity index (χ2v) is 5.11. The van der Waals surface area contributed by atoms with Gasteiger partial charge < -0.3 is 14.8 Å². The number of hydrogen-bond donors (Lipinski definition) is 1. The maximum absolute atomic E-state index is 5.70. The van der Waals surface area contributed by atoms with Crippen molar-refractivity contribution in [2.24, 2.45) is 0 Å². The fourth-order valence-electron chi connectivity index (χ4n) is 2.54. The predicted molar refractivity (Wildman–Crippen MR) is 78.0 cm³/mol. The quantitative estimate of drug-likeness (QED) is 0.761. The summed E-state index contributed by atoms with van der Waals surface area (Å²) in [5.41, 5.74) is 1.24. The molecule has 0 amide bonds. The number of fused-ring (bicyclic) bond motifs is 1. The van der Waals surface area contributed by atoms with E-state index in [-0.39, 0.29) is 0 Å². The Morgan fingerprint density at radius 3 is 3.00 bits per heavy atom. The summed E-state index contributed by atoms with van der Waals surface area (Å²) < 4.78 is 11.0. The van der Waals surface area contributed by atoms with Gasteiger partial charge >= 0.3 is 0 Å². The van der Waals surface area contributed by atoms with Crippen LogP contribution in [0, 0.1) is 0 Å². The van der Waals surface area contributed by atoms with E-state index < -0.39 is 0 Å². The first-order valence-electron chi connectivity index (χ1n) is 7.39. The number of unbranched alkanes of at least 4 members (excludes halogenated alkanes) is 3. The van der Waals surface area contributed by atoms with Gasteiger partial charge in [0.25, 0.3) is 0 Å². The summed E-state index contributed by atoms with van der Waals surface area (Å²) in [6.45, 7) is 4.13. The molecule has 0 aliphatic carbocycles. The van der Waals surface area contributed by atoms with Crippen LogP contribution in [0.5, 0.6) is 11.5 Å². The highest BCUT2D eigenvalue weighted by atomic mass is 16.5. The Balaban J connectivity index is 1.92. The van der Waals surface area contributed by atoms with Crippen LogP contribution in [0.2, 0.25) is 0 Å². The number of hydrogen-bond acceptors (Lipinski definition) is 3. The Labute approximate surface area is 116 Å².